The summed E-state index contributed by atoms with van der Waals surface area (Å²) >= 11 is 0. The molecule has 0 saturated carbocycles. The molecule has 6 heteroatoms. The highest BCUT2D eigenvalue weighted by atomic mass is 19.1. The molecule has 0 fully saturated rings. The van der Waals surface area contributed by atoms with E-state index in [1.165, 1.54) is 0 Å². The third-order valence-electron chi connectivity index (χ3n) is 2.01. The standard InChI is InChI=1S/C11H9F2NO3/c1-2-10(15)14-5-7-8(12)3-6(11(16)17)4-9(7)13/h2-4H,1,5H2,(H,14,15)(H,16,17). The molecule has 4 nitrogen and oxygen atoms in total. The Kier molecular flexibility index (Phi) is 3.92. The van der Waals surface area contributed by atoms with Crippen LogP contribution < -0.4 is 5.32 Å². The van der Waals surface area contributed by atoms with Gasteiger partial charge in [0.2, 0.25) is 5.91 Å². The lowest BCUT2D eigenvalue weighted by Crippen LogP contribution is -2.21. The largest absolute Gasteiger partial charge is 0.478 e. The van der Waals surface area contributed by atoms with Crippen LogP contribution in [0.5, 0.6) is 0 Å². The van der Waals surface area contributed by atoms with Crippen LogP contribution in [0.2, 0.25) is 0 Å². The number of hydrogen-bond acceptors (Lipinski definition) is 2. The second kappa shape index (κ2) is 5.20. The van der Waals surface area contributed by atoms with Crippen LogP contribution in [0.4, 0.5) is 8.78 Å². The molecule has 17 heavy (non-hydrogen) atoms. The SMILES string of the molecule is C=CC(=O)NCc1c(F)cc(C(=O)O)cc1F. The summed E-state index contributed by atoms with van der Waals surface area (Å²) in [7, 11) is 0. The van der Waals surface area contributed by atoms with Crippen LogP contribution in [0.25, 0.3) is 0 Å². The first-order valence-electron chi connectivity index (χ1n) is 4.57. The summed E-state index contributed by atoms with van der Waals surface area (Å²) < 4.78 is 26.7. The highest BCUT2D eigenvalue weighted by Gasteiger charge is 2.14. The number of carboxylic acids is 1. The molecule has 0 aliphatic heterocycles. The predicted octanol–water partition coefficient (Wildman–Crippen LogP) is 1.47. The zero-order valence-corrected chi connectivity index (χ0v) is 8.67. The van der Waals surface area contributed by atoms with Crippen molar-refractivity contribution >= 4 is 11.9 Å². The van der Waals surface area contributed by atoms with E-state index in [9.17, 15) is 18.4 Å². The fraction of sp³-hybridized carbons (Fsp3) is 0.0909. The molecule has 0 unspecified atom stereocenters. The summed E-state index contributed by atoms with van der Waals surface area (Å²) in [6.07, 6.45) is 0.960. The summed E-state index contributed by atoms with van der Waals surface area (Å²) in [4.78, 5) is 21.3. The van der Waals surface area contributed by atoms with E-state index in [0.717, 1.165) is 6.08 Å². The van der Waals surface area contributed by atoms with E-state index in [-0.39, 0.29) is 6.54 Å². The van der Waals surface area contributed by atoms with Gasteiger partial charge in [0.15, 0.2) is 0 Å². The summed E-state index contributed by atoms with van der Waals surface area (Å²) in [6, 6.07) is 1.39. The van der Waals surface area contributed by atoms with Crippen molar-refractivity contribution in [1.29, 1.82) is 0 Å². The van der Waals surface area contributed by atoms with Gasteiger partial charge in [0, 0.05) is 12.1 Å². The Morgan fingerprint density at radius 3 is 2.29 bits per heavy atom. The monoisotopic (exact) mass is 241 g/mol. The van der Waals surface area contributed by atoms with E-state index in [0.29, 0.717) is 12.1 Å². The second-order valence-corrected chi connectivity index (χ2v) is 3.15. The molecule has 2 N–H and O–H groups in total. The predicted molar refractivity (Wildman–Crippen MR) is 55.4 cm³/mol. The number of halogens is 2. The van der Waals surface area contributed by atoms with Crippen LogP contribution >= 0.6 is 0 Å². The van der Waals surface area contributed by atoms with Crippen LogP contribution in [0.1, 0.15) is 15.9 Å². The van der Waals surface area contributed by atoms with Gasteiger partial charge in [0.05, 0.1) is 5.56 Å². The van der Waals surface area contributed by atoms with Gasteiger partial charge in [-0.2, -0.15) is 0 Å². The fourth-order valence-electron chi connectivity index (χ4n) is 1.14. The van der Waals surface area contributed by atoms with Gasteiger partial charge in [-0.25, -0.2) is 13.6 Å². The lowest BCUT2D eigenvalue weighted by atomic mass is 10.1. The fourth-order valence-corrected chi connectivity index (χ4v) is 1.14. The van der Waals surface area contributed by atoms with Crippen LogP contribution in [0.15, 0.2) is 24.8 Å². The van der Waals surface area contributed by atoms with Crippen molar-refractivity contribution in [2.45, 2.75) is 6.54 Å². The van der Waals surface area contributed by atoms with Crippen LogP contribution in [0, 0.1) is 11.6 Å². The molecule has 0 saturated heterocycles. The van der Waals surface area contributed by atoms with Crippen molar-refractivity contribution in [2.24, 2.45) is 0 Å². The number of carboxylic acid groups (broad SMARTS) is 1. The second-order valence-electron chi connectivity index (χ2n) is 3.15. The first kappa shape index (κ1) is 12.8. The zero-order chi connectivity index (χ0) is 13.0. The summed E-state index contributed by atoms with van der Waals surface area (Å²) in [5, 5.41) is 10.8. The van der Waals surface area contributed by atoms with E-state index in [4.69, 9.17) is 5.11 Å². The molecule has 1 aromatic rings. The highest BCUT2D eigenvalue weighted by molar-refractivity contribution is 5.88. The molecule has 0 heterocycles. The van der Waals surface area contributed by atoms with Gasteiger partial charge in [-0.1, -0.05) is 6.58 Å². The quantitative estimate of drug-likeness (QED) is 0.784. The maximum Gasteiger partial charge on any atom is 0.335 e. The highest BCUT2D eigenvalue weighted by Crippen LogP contribution is 2.15. The average Bonchev–Trinajstić information content (AvgIpc) is 2.27. The van der Waals surface area contributed by atoms with E-state index in [1.807, 2.05) is 0 Å². The summed E-state index contributed by atoms with van der Waals surface area (Å²) in [6.45, 7) is 2.81. The van der Waals surface area contributed by atoms with Crippen molar-refractivity contribution in [3.05, 3.63) is 47.5 Å². The van der Waals surface area contributed by atoms with Crippen molar-refractivity contribution in [1.82, 2.24) is 5.32 Å². The van der Waals surface area contributed by atoms with Gasteiger partial charge in [-0.3, -0.25) is 4.79 Å². The van der Waals surface area contributed by atoms with Crippen LogP contribution in [-0.2, 0) is 11.3 Å². The van der Waals surface area contributed by atoms with Crippen LogP contribution in [0.3, 0.4) is 0 Å². The van der Waals surface area contributed by atoms with E-state index in [1.54, 1.807) is 0 Å². The van der Waals surface area contributed by atoms with Crippen molar-refractivity contribution < 1.29 is 23.5 Å². The molecule has 1 rings (SSSR count). The van der Waals surface area contributed by atoms with Gasteiger partial charge in [-0.15, -0.1) is 0 Å². The number of benzene rings is 1. The number of nitrogens with one attached hydrogen (secondary N) is 1. The molecular weight excluding hydrogens is 232 g/mol. The molecule has 1 amide bonds. The van der Waals surface area contributed by atoms with Gasteiger partial charge < -0.3 is 10.4 Å². The van der Waals surface area contributed by atoms with Crippen molar-refractivity contribution in [2.75, 3.05) is 0 Å². The molecule has 0 atom stereocenters. The van der Waals surface area contributed by atoms with Gasteiger partial charge in [-0.05, 0) is 18.2 Å². The maximum absolute atomic E-state index is 13.3. The molecule has 90 valence electrons. The molecule has 0 aromatic heterocycles. The minimum absolute atomic E-state index is 0.373. The lowest BCUT2D eigenvalue weighted by Gasteiger charge is -2.06. The maximum atomic E-state index is 13.3. The average molecular weight is 241 g/mol. The summed E-state index contributed by atoms with van der Waals surface area (Å²) in [5.41, 5.74) is -0.885. The Morgan fingerprint density at radius 2 is 1.88 bits per heavy atom. The summed E-state index contributed by atoms with van der Waals surface area (Å²) in [5.74, 6) is -4.05. The normalized spacial score (nSPS) is 9.76. The number of carbonyl (C=O) groups is 2. The Labute approximate surface area is 95.6 Å². The molecule has 0 aliphatic rings. The number of aromatic carboxylic acids is 1. The Balaban J connectivity index is 2.97. The van der Waals surface area contributed by atoms with Gasteiger partial charge >= 0.3 is 5.97 Å². The topological polar surface area (TPSA) is 66.4 Å². The van der Waals surface area contributed by atoms with E-state index in [2.05, 4.69) is 11.9 Å². The number of carbonyl (C=O) groups excluding carboxylic acids is 1. The van der Waals surface area contributed by atoms with E-state index < -0.39 is 34.6 Å². The molecule has 0 spiro atoms. The Hall–Kier alpha value is -2.24. The van der Waals surface area contributed by atoms with Gasteiger partial charge in [0.1, 0.15) is 11.6 Å². The molecular formula is C11H9F2NO3. The first-order chi connectivity index (χ1) is 7.95. The third kappa shape index (κ3) is 3.10. The smallest absolute Gasteiger partial charge is 0.335 e. The number of hydrogen-bond donors (Lipinski definition) is 2. The number of rotatable bonds is 4. The van der Waals surface area contributed by atoms with Gasteiger partial charge in [0.25, 0.3) is 0 Å². The molecule has 0 bridgehead atoms. The third-order valence-corrected chi connectivity index (χ3v) is 2.01. The first-order valence-corrected chi connectivity index (χ1v) is 4.57. The zero-order valence-electron chi connectivity index (χ0n) is 8.67. The number of amides is 1. The molecule has 1 aromatic carbocycles. The van der Waals surface area contributed by atoms with Crippen LogP contribution in [-0.4, -0.2) is 17.0 Å². The minimum Gasteiger partial charge on any atom is -0.478 e. The Bertz CT molecular complexity index is 463. The molecule has 0 aliphatic carbocycles. The minimum atomic E-state index is -1.43. The van der Waals surface area contributed by atoms with E-state index >= 15 is 0 Å². The molecule has 0 radical (unpaired) electrons. The van der Waals surface area contributed by atoms with Crippen molar-refractivity contribution in [3.8, 4) is 0 Å². The van der Waals surface area contributed by atoms with Crippen molar-refractivity contribution in [3.63, 3.8) is 0 Å². The Morgan fingerprint density at radius 1 is 1.35 bits per heavy atom. The lowest BCUT2D eigenvalue weighted by molar-refractivity contribution is -0.116.